The van der Waals surface area contributed by atoms with Gasteiger partial charge in [0.05, 0.1) is 11.7 Å². The summed E-state index contributed by atoms with van der Waals surface area (Å²) in [5.74, 6) is 0.255. The van der Waals surface area contributed by atoms with E-state index < -0.39 is 0 Å². The van der Waals surface area contributed by atoms with Crippen molar-refractivity contribution in [1.82, 2.24) is 0 Å². The minimum absolute atomic E-state index is 0.194. The van der Waals surface area contributed by atoms with Crippen LogP contribution in [0.25, 0.3) is 0 Å². The van der Waals surface area contributed by atoms with Crippen LogP contribution >= 0.6 is 0 Å². The summed E-state index contributed by atoms with van der Waals surface area (Å²) >= 11 is 0. The van der Waals surface area contributed by atoms with Crippen LogP contribution in [0.2, 0.25) is 0 Å². The normalized spacial score (nSPS) is 24.4. The second-order valence-corrected chi connectivity index (χ2v) is 9.06. The van der Waals surface area contributed by atoms with Gasteiger partial charge < -0.3 is 18.9 Å². The summed E-state index contributed by atoms with van der Waals surface area (Å²) in [6.07, 6.45) is 1.21. The summed E-state index contributed by atoms with van der Waals surface area (Å²) < 4.78 is 23.1. The number of rotatable bonds is 11. The van der Waals surface area contributed by atoms with E-state index in [9.17, 15) is 9.59 Å². The van der Waals surface area contributed by atoms with Crippen molar-refractivity contribution in [2.45, 2.75) is 59.0 Å². The van der Waals surface area contributed by atoms with Crippen LogP contribution < -0.4 is 0 Å². The van der Waals surface area contributed by atoms with Crippen LogP contribution in [0.3, 0.4) is 0 Å². The molecule has 1 saturated heterocycles. The maximum Gasteiger partial charge on any atom is 0.338 e. The lowest BCUT2D eigenvalue weighted by Crippen LogP contribution is -2.48. The zero-order chi connectivity index (χ0) is 24.3. The number of carbonyl (C=O) groups is 2. The summed E-state index contributed by atoms with van der Waals surface area (Å²) in [5.41, 5.74) is 1.51. The average Bonchev–Trinajstić information content (AvgIpc) is 2.87. The fourth-order valence-electron chi connectivity index (χ4n) is 4.06. The monoisotopic (exact) mass is 468 g/mol. The van der Waals surface area contributed by atoms with Crippen LogP contribution in [0.1, 0.15) is 56.0 Å². The van der Waals surface area contributed by atoms with Crippen molar-refractivity contribution >= 4 is 11.9 Å². The third kappa shape index (κ3) is 7.67. The number of esters is 2. The van der Waals surface area contributed by atoms with Gasteiger partial charge in [0.15, 0.2) is 6.29 Å². The molecule has 1 aliphatic rings. The fourth-order valence-corrected chi connectivity index (χ4v) is 4.06. The zero-order valence-corrected chi connectivity index (χ0v) is 20.4. The molecule has 34 heavy (non-hydrogen) atoms. The Morgan fingerprint density at radius 2 is 1.50 bits per heavy atom. The van der Waals surface area contributed by atoms with Crippen LogP contribution in [-0.4, -0.2) is 37.5 Å². The SMILES string of the molecule is CC1[C@@H](OCCCCC(=O)OCc2ccccc2)OC(COC(=O)c2ccccc2)[C@@H](C)[C@@H]1C. The third-order valence-corrected chi connectivity index (χ3v) is 6.67. The zero-order valence-electron chi connectivity index (χ0n) is 20.4. The van der Waals surface area contributed by atoms with E-state index in [2.05, 4.69) is 20.8 Å². The number of hydrogen-bond donors (Lipinski definition) is 0. The lowest BCUT2D eigenvalue weighted by Gasteiger charge is -2.43. The second-order valence-electron chi connectivity index (χ2n) is 9.06. The van der Waals surface area contributed by atoms with Gasteiger partial charge in [0.1, 0.15) is 13.2 Å². The molecule has 0 aliphatic carbocycles. The van der Waals surface area contributed by atoms with Crippen molar-refractivity contribution in [2.24, 2.45) is 17.8 Å². The van der Waals surface area contributed by atoms with Gasteiger partial charge >= 0.3 is 11.9 Å². The quantitative estimate of drug-likeness (QED) is 0.325. The lowest BCUT2D eigenvalue weighted by molar-refractivity contribution is -0.254. The summed E-state index contributed by atoms with van der Waals surface area (Å²) in [5, 5.41) is 0. The van der Waals surface area contributed by atoms with E-state index in [0.717, 1.165) is 12.0 Å². The van der Waals surface area contributed by atoms with Gasteiger partial charge in [-0.25, -0.2) is 4.79 Å². The average molecular weight is 469 g/mol. The van der Waals surface area contributed by atoms with Gasteiger partial charge in [0, 0.05) is 18.9 Å². The van der Waals surface area contributed by atoms with Crippen molar-refractivity contribution in [3.63, 3.8) is 0 Å². The molecule has 0 aromatic heterocycles. The Bertz CT molecular complexity index is 884. The van der Waals surface area contributed by atoms with Crippen molar-refractivity contribution < 1.29 is 28.5 Å². The number of carbonyl (C=O) groups excluding carboxylic acids is 2. The van der Waals surface area contributed by atoms with Gasteiger partial charge in [-0.2, -0.15) is 0 Å². The molecular formula is C28H36O6. The van der Waals surface area contributed by atoms with Gasteiger partial charge in [0.2, 0.25) is 0 Å². The first-order valence-corrected chi connectivity index (χ1v) is 12.1. The summed E-state index contributed by atoms with van der Waals surface area (Å²) in [7, 11) is 0. The van der Waals surface area contributed by atoms with Gasteiger partial charge in [0.25, 0.3) is 0 Å². The second kappa shape index (κ2) is 13.3. The van der Waals surface area contributed by atoms with Crippen LogP contribution in [0, 0.1) is 17.8 Å². The molecule has 5 atom stereocenters. The number of ether oxygens (including phenoxy) is 4. The number of unbranched alkanes of at least 4 members (excludes halogenated alkanes) is 1. The first-order valence-electron chi connectivity index (χ1n) is 12.1. The summed E-state index contributed by atoms with van der Waals surface area (Å²) in [4.78, 5) is 24.3. The molecule has 2 aromatic carbocycles. The molecule has 6 nitrogen and oxygen atoms in total. The minimum atomic E-state index is -0.364. The molecule has 1 heterocycles. The fraction of sp³-hybridized carbons (Fsp3) is 0.500. The maximum absolute atomic E-state index is 12.3. The topological polar surface area (TPSA) is 71.1 Å². The smallest absolute Gasteiger partial charge is 0.338 e. The van der Waals surface area contributed by atoms with E-state index >= 15 is 0 Å². The van der Waals surface area contributed by atoms with Crippen LogP contribution in [0.15, 0.2) is 60.7 Å². The van der Waals surface area contributed by atoms with Crippen LogP contribution in [0.4, 0.5) is 0 Å². The number of benzene rings is 2. The van der Waals surface area contributed by atoms with Crippen molar-refractivity contribution in [3.8, 4) is 0 Å². The van der Waals surface area contributed by atoms with Gasteiger partial charge in [-0.05, 0) is 42.4 Å². The lowest BCUT2D eigenvalue weighted by atomic mass is 9.79. The highest BCUT2D eigenvalue weighted by Crippen LogP contribution is 2.35. The van der Waals surface area contributed by atoms with E-state index in [-0.39, 0.29) is 42.8 Å². The first kappa shape index (κ1) is 25.9. The molecule has 1 fully saturated rings. The maximum atomic E-state index is 12.3. The Balaban J connectivity index is 1.37. The van der Waals surface area contributed by atoms with Gasteiger partial charge in [-0.15, -0.1) is 0 Å². The van der Waals surface area contributed by atoms with Crippen molar-refractivity contribution in [1.29, 1.82) is 0 Å². The Morgan fingerprint density at radius 1 is 0.824 bits per heavy atom. The molecule has 0 radical (unpaired) electrons. The van der Waals surface area contributed by atoms with E-state index in [1.54, 1.807) is 12.1 Å². The molecule has 3 rings (SSSR count). The summed E-state index contributed by atoms with van der Waals surface area (Å²) in [6, 6.07) is 18.6. The summed E-state index contributed by atoms with van der Waals surface area (Å²) in [6.45, 7) is 7.43. The molecular weight excluding hydrogens is 432 g/mol. The molecule has 184 valence electrons. The predicted molar refractivity (Wildman–Crippen MR) is 129 cm³/mol. The third-order valence-electron chi connectivity index (χ3n) is 6.67. The molecule has 0 saturated carbocycles. The standard InChI is InChI=1S/C28H36O6/c1-20-21(2)25(19-33-27(30)24-14-8-5-9-15-24)34-28(22(20)3)31-17-11-10-16-26(29)32-18-23-12-6-4-7-13-23/h4-9,12-15,20-22,25,28H,10-11,16-19H2,1-3H3/t20-,21-,22?,25?,28-/m0/s1. The highest BCUT2D eigenvalue weighted by molar-refractivity contribution is 5.89. The van der Waals surface area contributed by atoms with Gasteiger partial charge in [-0.3, -0.25) is 4.79 Å². The Labute approximate surface area is 202 Å². The molecule has 0 N–H and O–H groups in total. The highest BCUT2D eigenvalue weighted by atomic mass is 16.7. The molecule has 0 amide bonds. The Morgan fingerprint density at radius 3 is 2.21 bits per heavy atom. The van der Waals surface area contributed by atoms with E-state index in [1.165, 1.54) is 0 Å². The number of hydrogen-bond acceptors (Lipinski definition) is 6. The van der Waals surface area contributed by atoms with E-state index in [1.807, 2.05) is 48.5 Å². The van der Waals surface area contributed by atoms with Crippen molar-refractivity contribution in [3.05, 3.63) is 71.8 Å². The Hall–Kier alpha value is -2.70. The largest absolute Gasteiger partial charge is 0.461 e. The molecule has 0 spiro atoms. The van der Waals surface area contributed by atoms with Crippen molar-refractivity contribution in [2.75, 3.05) is 13.2 Å². The molecule has 0 bridgehead atoms. The van der Waals surface area contributed by atoms with Crippen LogP contribution in [0.5, 0.6) is 0 Å². The van der Waals surface area contributed by atoms with E-state index in [0.29, 0.717) is 37.5 Å². The minimum Gasteiger partial charge on any atom is -0.461 e. The first-order chi connectivity index (χ1) is 16.5. The van der Waals surface area contributed by atoms with Crippen LogP contribution in [-0.2, 0) is 30.3 Å². The molecule has 2 unspecified atom stereocenters. The predicted octanol–water partition coefficient (Wildman–Crippen LogP) is 5.41. The Kier molecular flexibility index (Phi) is 10.1. The molecule has 2 aromatic rings. The van der Waals surface area contributed by atoms with E-state index in [4.69, 9.17) is 18.9 Å². The van der Waals surface area contributed by atoms with Gasteiger partial charge in [-0.1, -0.05) is 69.3 Å². The molecule has 6 heteroatoms. The molecule has 1 aliphatic heterocycles. The highest BCUT2D eigenvalue weighted by Gasteiger charge is 2.40.